The summed E-state index contributed by atoms with van der Waals surface area (Å²) in [6.45, 7) is 9.21. The summed E-state index contributed by atoms with van der Waals surface area (Å²) in [6.07, 6.45) is 7.22. The molecule has 1 N–H and O–H groups in total. The molecule has 3 aliphatic rings. The fourth-order valence-electron chi connectivity index (χ4n) is 4.39. The Morgan fingerprint density at radius 3 is 2.55 bits per heavy atom. The van der Waals surface area contributed by atoms with Crippen molar-refractivity contribution in [3.8, 4) is 0 Å². The van der Waals surface area contributed by atoms with E-state index >= 15 is 0 Å². The second-order valence-electron chi connectivity index (χ2n) is 8.05. The maximum Gasteiger partial charge on any atom is 0.244 e. The molecule has 1 heterocycles. The van der Waals surface area contributed by atoms with Gasteiger partial charge in [-0.25, -0.2) is 0 Å². The summed E-state index contributed by atoms with van der Waals surface area (Å²) >= 11 is 0. The largest absolute Gasteiger partial charge is 0.322 e. The smallest absolute Gasteiger partial charge is 0.244 e. The molecule has 114 valence electrons. The van der Waals surface area contributed by atoms with Gasteiger partial charge in [-0.05, 0) is 56.3 Å². The van der Waals surface area contributed by atoms with Gasteiger partial charge in [0, 0.05) is 6.04 Å². The lowest BCUT2D eigenvalue weighted by Gasteiger charge is -2.41. The van der Waals surface area contributed by atoms with E-state index in [9.17, 15) is 4.79 Å². The van der Waals surface area contributed by atoms with Gasteiger partial charge in [0.2, 0.25) is 5.91 Å². The molecule has 0 aromatic carbocycles. The van der Waals surface area contributed by atoms with Crippen LogP contribution < -0.4 is 5.32 Å². The van der Waals surface area contributed by atoms with Crippen molar-refractivity contribution < 1.29 is 4.79 Å². The lowest BCUT2D eigenvalue weighted by atomic mass is 9.79. The summed E-state index contributed by atoms with van der Waals surface area (Å²) in [5.74, 6) is 2.52. The predicted molar refractivity (Wildman–Crippen MR) is 81.2 cm³/mol. The Labute approximate surface area is 123 Å². The molecule has 3 heteroatoms. The zero-order valence-corrected chi connectivity index (χ0v) is 13.5. The molecule has 4 atom stereocenters. The van der Waals surface area contributed by atoms with Crippen LogP contribution in [0.5, 0.6) is 0 Å². The summed E-state index contributed by atoms with van der Waals surface area (Å²) in [5.41, 5.74) is -0.150. The van der Waals surface area contributed by atoms with Crippen LogP contribution in [0.1, 0.15) is 66.2 Å². The second-order valence-corrected chi connectivity index (χ2v) is 8.05. The van der Waals surface area contributed by atoms with Crippen LogP contribution in [0.2, 0.25) is 0 Å². The molecule has 0 aromatic heterocycles. The number of nitrogens with zero attached hydrogens (tertiary/aromatic N) is 1. The van der Waals surface area contributed by atoms with E-state index in [-0.39, 0.29) is 11.7 Å². The molecule has 1 aliphatic heterocycles. The molecule has 2 saturated carbocycles. The minimum absolute atomic E-state index is 0.150. The van der Waals surface area contributed by atoms with Crippen LogP contribution >= 0.6 is 0 Å². The number of nitrogens with one attached hydrogen (secondary N) is 1. The normalized spacial score (nSPS) is 39.9. The number of rotatable bonds is 3. The topological polar surface area (TPSA) is 32.3 Å². The average molecular weight is 278 g/mol. The number of carbonyl (C=O) groups is 1. The number of carbonyl (C=O) groups excluding carboxylic acids is 1. The molecular formula is C17H30N2O. The Kier molecular flexibility index (Phi) is 3.60. The monoisotopic (exact) mass is 278 g/mol. The number of hydrogen-bond donors (Lipinski definition) is 1. The van der Waals surface area contributed by atoms with Crippen molar-refractivity contribution in [1.29, 1.82) is 0 Å². The van der Waals surface area contributed by atoms with Crippen LogP contribution in [0.3, 0.4) is 0 Å². The van der Waals surface area contributed by atoms with Crippen molar-refractivity contribution in [2.24, 2.45) is 17.8 Å². The summed E-state index contributed by atoms with van der Waals surface area (Å²) in [7, 11) is 0. The van der Waals surface area contributed by atoms with E-state index in [2.05, 4.69) is 37.9 Å². The van der Waals surface area contributed by atoms with Gasteiger partial charge in [0.25, 0.3) is 0 Å². The van der Waals surface area contributed by atoms with Crippen LogP contribution in [0.4, 0.5) is 0 Å². The number of amides is 1. The Morgan fingerprint density at radius 2 is 2.00 bits per heavy atom. The average Bonchev–Trinajstić information content (AvgIpc) is 3.07. The van der Waals surface area contributed by atoms with Gasteiger partial charge in [0.15, 0.2) is 0 Å². The Morgan fingerprint density at radius 1 is 1.30 bits per heavy atom. The highest BCUT2D eigenvalue weighted by Gasteiger charge is 2.60. The molecule has 3 nitrogen and oxygen atoms in total. The zero-order valence-electron chi connectivity index (χ0n) is 13.5. The summed E-state index contributed by atoms with van der Waals surface area (Å²) in [6, 6.07) is 0.468. The predicted octanol–water partition coefficient (Wildman–Crippen LogP) is 3.15. The van der Waals surface area contributed by atoms with E-state index in [0.717, 1.165) is 25.2 Å². The van der Waals surface area contributed by atoms with Crippen LogP contribution in [0.15, 0.2) is 0 Å². The molecule has 0 radical (unpaired) electrons. The van der Waals surface area contributed by atoms with E-state index in [4.69, 9.17) is 0 Å². The molecule has 1 saturated heterocycles. The first-order valence-electron chi connectivity index (χ1n) is 8.53. The third-order valence-corrected chi connectivity index (χ3v) is 5.61. The summed E-state index contributed by atoms with van der Waals surface area (Å²) in [4.78, 5) is 15.1. The van der Waals surface area contributed by atoms with E-state index in [1.165, 1.54) is 19.3 Å². The van der Waals surface area contributed by atoms with Gasteiger partial charge in [-0.15, -0.1) is 0 Å². The van der Waals surface area contributed by atoms with Crippen molar-refractivity contribution in [1.82, 2.24) is 10.2 Å². The van der Waals surface area contributed by atoms with Crippen LogP contribution in [0, 0.1) is 17.8 Å². The van der Waals surface area contributed by atoms with Crippen LogP contribution in [-0.2, 0) is 4.79 Å². The highest BCUT2D eigenvalue weighted by molar-refractivity contribution is 5.92. The summed E-state index contributed by atoms with van der Waals surface area (Å²) in [5, 5.41) is 3.68. The fourth-order valence-corrected chi connectivity index (χ4v) is 4.39. The molecule has 4 unspecified atom stereocenters. The van der Waals surface area contributed by atoms with E-state index in [1.807, 2.05) is 0 Å². The van der Waals surface area contributed by atoms with Crippen molar-refractivity contribution >= 4 is 5.91 Å². The van der Waals surface area contributed by atoms with E-state index in [1.54, 1.807) is 0 Å². The van der Waals surface area contributed by atoms with Crippen LogP contribution in [-0.4, -0.2) is 28.6 Å². The van der Waals surface area contributed by atoms with Gasteiger partial charge in [0.05, 0.1) is 11.7 Å². The molecule has 0 bridgehead atoms. The first-order chi connectivity index (χ1) is 9.43. The van der Waals surface area contributed by atoms with Gasteiger partial charge >= 0.3 is 0 Å². The second kappa shape index (κ2) is 5.01. The molecule has 20 heavy (non-hydrogen) atoms. The van der Waals surface area contributed by atoms with Gasteiger partial charge in [-0.3, -0.25) is 10.1 Å². The molecule has 0 aromatic rings. The van der Waals surface area contributed by atoms with Crippen molar-refractivity contribution in [2.45, 2.75) is 84.0 Å². The maximum absolute atomic E-state index is 12.9. The van der Waals surface area contributed by atoms with Crippen LogP contribution in [0.25, 0.3) is 0 Å². The minimum Gasteiger partial charge on any atom is -0.322 e. The first-order valence-corrected chi connectivity index (χ1v) is 8.53. The lowest BCUT2D eigenvalue weighted by molar-refractivity contribution is -0.135. The van der Waals surface area contributed by atoms with Gasteiger partial charge in [-0.2, -0.15) is 0 Å². The molecule has 3 fully saturated rings. The highest BCUT2D eigenvalue weighted by Crippen LogP contribution is 2.46. The molecule has 3 rings (SSSR count). The molecule has 1 amide bonds. The molecule has 1 spiro atoms. The van der Waals surface area contributed by atoms with Gasteiger partial charge in [0.1, 0.15) is 0 Å². The third kappa shape index (κ3) is 2.38. The van der Waals surface area contributed by atoms with E-state index < -0.39 is 0 Å². The lowest BCUT2D eigenvalue weighted by Crippen LogP contribution is -2.49. The maximum atomic E-state index is 12.9. The summed E-state index contributed by atoms with van der Waals surface area (Å²) < 4.78 is 0. The Bertz CT molecular complexity index is 388. The quantitative estimate of drug-likeness (QED) is 0.860. The molecule has 2 aliphatic carbocycles. The van der Waals surface area contributed by atoms with Gasteiger partial charge < -0.3 is 4.90 Å². The van der Waals surface area contributed by atoms with Crippen molar-refractivity contribution in [2.75, 3.05) is 0 Å². The first kappa shape index (κ1) is 14.4. The number of hydrogen-bond acceptors (Lipinski definition) is 2. The standard InChI is InChI=1S/C17H30N2O/c1-11(2)9-15-18-17(7-8-17)16(20)19(15)14-6-5-12(3)10-13(14)4/h11-15,18H,5-10H2,1-4H3. The SMILES string of the molecule is CC(C)CC1NC2(CC2)C(=O)N1C1CCC(C)CC1C. The fraction of sp³-hybridized carbons (Fsp3) is 0.941. The van der Waals surface area contributed by atoms with Crippen molar-refractivity contribution in [3.05, 3.63) is 0 Å². The molecular weight excluding hydrogens is 248 g/mol. The van der Waals surface area contributed by atoms with E-state index in [0.29, 0.717) is 23.8 Å². The van der Waals surface area contributed by atoms with Crippen molar-refractivity contribution in [3.63, 3.8) is 0 Å². The Hall–Kier alpha value is -0.570. The minimum atomic E-state index is -0.150. The third-order valence-electron chi connectivity index (χ3n) is 5.61. The Balaban J connectivity index is 1.79. The van der Waals surface area contributed by atoms with Gasteiger partial charge in [-0.1, -0.05) is 27.7 Å². The zero-order chi connectivity index (χ0) is 14.5. The highest BCUT2D eigenvalue weighted by atomic mass is 16.2.